The quantitative estimate of drug-likeness (QED) is 0.0229. The summed E-state index contributed by atoms with van der Waals surface area (Å²) in [5.74, 6) is -1.02. The second-order valence-electron chi connectivity index (χ2n) is 13.4. The molecular weight excluding hydrogens is 743 g/mol. The van der Waals surface area contributed by atoms with Crippen molar-refractivity contribution in [1.82, 2.24) is 0 Å². The lowest BCUT2D eigenvalue weighted by atomic mass is 10.1. The number of rotatable bonds is 21. The molecule has 0 aliphatic carbocycles. The number of nitrogens with zero attached hydrogens (tertiary/aromatic N) is 1. The molecule has 0 unspecified atom stereocenters. The van der Waals surface area contributed by atoms with Gasteiger partial charge in [-0.2, -0.15) is 0 Å². The van der Waals surface area contributed by atoms with Crippen LogP contribution in [0.2, 0.25) is 0 Å². The van der Waals surface area contributed by atoms with Crippen LogP contribution in [0.1, 0.15) is 113 Å². The fourth-order valence-corrected chi connectivity index (χ4v) is 5.74. The van der Waals surface area contributed by atoms with Gasteiger partial charge in [0.05, 0.1) is 33.8 Å². The van der Waals surface area contributed by atoms with Gasteiger partial charge in [-0.3, -0.25) is 10.1 Å². The van der Waals surface area contributed by atoms with E-state index in [0.717, 1.165) is 12.8 Å². The summed E-state index contributed by atoms with van der Waals surface area (Å²) >= 11 is 0. The Hall–Kier alpha value is -6.82. The molecular formula is C46H45NO11. The van der Waals surface area contributed by atoms with Crippen molar-refractivity contribution < 1.29 is 47.8 Å². The minimum atomic E-state index is -0.723. The van der Waals surface area contributed by atoms with Crippen LogP contribution in [0.15, 0.2) is 121 Å². The predicted molar refractivity (Wildman–Crippen MR) is 216 cm³/mol. The summed E-state index contributed by atoms with van der Waals surface area (Å²) in [6.07, 6.45) is 12.6. The van der Waals surface area contributed by atoms with Crippen molar-refractivity contribution in [2.45, 2.75) is 71.1 Å². The Morgan fingerprint density at radius 2 is 0.690 bits per heavy atom. The number of nitro benzene ring substituents is 1. The van der Waals surface area contributed by atoms with Crippen LogP contribution in [0.3, 0.4) is 0 Å². The molecule has 0 aliphatic heterocycles. The van der Waals surface area contributed by atoms with E-state index in [4.69, 9.17) is 23.7 Å². The molecule has 0 fully saturated rings. The van der Waals surface area contributed by atoms with Gasteiger partial charge in [0.2, 0.25) is 0 Å². The number of unbranched alkanes of at least 4 members (excludes halogenated alkanes) is 9. The highest BCUT2D eigenvalue weighted by Gasteiger charge is 2.16. The van der Waals surface area contributed by atoms with Gasteiger partial charge in [-0.15, -0.1) is 0 Å². The number of benzene rings is 5. The lowest BCUT2D eigenvalue weighted by molar-refractivity contribution is -0.384. The largest absolute Gasteiger partial charge is 0.494 e. The van der Waals surface area contributed by atoms with Crippen LogP contribution in [-0.2, 0) is 0 Å². The molecule has 5 aromatic carbocycles. The molecule has 12 nitrogen and oxygen atoms in total. The highest BCUT2D eigenvalue weighted by molar-refractivity contribution is 5.94. The van der Waals surface area contributed by atoms with E-state index >= 15 is 0 Å². The summed E-state index contributed by atoms with van der Waals surface area (Å²) in [5.41, 5.74) is 0.595. The number of nitro groups is 1. The van der Waals surface area contributed by atoms with Crippen molar-refractivity contribution >= 4 is 29.6 Å². The van der Waals surface area contributed by atoms with E-state index in [1.165, 1.54) is 148 Å². The molecule has 5 aromatic rings. The molecule has 0 radical (unpaired) electrons. The third kappa shape index (κ3) is 13.4. The molecule has 0 amide bonds. The molecule has 5 rings (SSSR count). The van der Waals surface area contributed by atoms with Crippen LogP contribution < -0.4 is 23.7 Å². The standard InChI is InChI=1S/C46H45NO11/c1-2-3-4-5-6-7-8-9-10-11-32-54-38-28-30-42(31-29-38)58-46(51)36-18-26-41(27-19-36)57-45(50)35-16-24-40(25-17-35)56-44(49)34-14-22-39(23-15-34)55-43(48)33-12-20-37(21-13-33)47(52)53/h12-31H,2-11,32H2,1H3. The maximum atomic E-state index is 12.8. The number of hydrogen-bond donors (Lipinski definition) is 0. The van der Waals surface area contributed by atoms with Crippen LogP contribution in [0.25, 0.3) is 0 Å². The molecule has 0 atom stereocenters. The van der Waals surface area contributed by atoms with Gasteiger partial charge in [0, 0.05) is 12.1 Å². The lowest BCUT2D eigenvalue weighted by Gasteiger charge is -2.09. The van der Waals surface area contributed by atoms with Crippen molar-refractivity contribution in [2.75, 3.05) is 6.61 Å². The highest BCUT2D eigenvalue weighted by atomic mass is 16.6. The zero-order valence-corrected chi connectivity index (χ0v) is 32.3. The fraction of sp³-hybridized carbons (Fsp3) is 0.261. The predicted octanol–water partition coefficient (Wildman–Crippen LogP) is 10.8. The zero-order chi connectivity index (χ0) is 41.1. The fourth-order valence-electron chi connectivity index (χ4n) is 5.74. The van der Waals surface area contributed by atoms with E-state index < -0.39 is 28.8 Å². The van der Waals surface area contributed by atoms with Gasteiger partial charge in [-0.1, -0.05) is 64.7 Å². The normalized spacial score (nSPS) is 10.6. The average molecular weight is 788 g/mol. The summed E-state index contributed by atoms with van der Waals surface area (Å²) in [7, 11) is 0. The van der Waals surface area contributed by atoms with Crippen molar-refractivity contribution in [3.63, 3.8) is 0 Å². The zero-order valence-electron chi connectivity index (χ0n) is 32.3. The Balaban J connectivity index is 1.00. The van der Waals surface area contributed by atoms with E-state index in [9.17, 15) is 29.3 Å². The molecule has 58 heavy (non-hydrogen) atoms. The van der Waals surface area contributed by atoms with Gasteiger partial charge in [-0.25, -0.2) is 19.2 Å². The molecule has 0 heterocycles. The maximum Gasteiger partial charge on any atom is 0.343 e. The molecule has 12 heteroatoms. The lowest BCUT2D eigenvalue weighted by Crippen LogP contribution is -2.11. The van der Waals surface area contributed by atoms with Crippen molar-refractivity contribution in [3.05, 3.63) is 154 Å². The van der Waals surface area contributed by atoms with Crippen LogP contribution in [-0.4, -0.2) is 35.4 Å². The summed E-state index contributed by atoms with van der Waals surface area (Å²) in [6, 6.07) is 29.2. The Bertz CT molecular complexity index is 2110. The van der Waals surface area contributed by atoms with Crippen LogP contribution >= 0.6 is 0 Å². The van der Waals surface area contributed by atoms with Crippen LogP contribution in [0, 0.1) is 10.1 Å². The summed E-state index contributed by atoms with van der Waals surface area (Å²) in [5, 5.41) is 10.8. The Morgan fingerprint density at radius 1 is 0.414 bits per heavy atom. The first-order chi connectivity index (χ1) is 28.2. The van der Waals surface area contributed by atoms with Crippen molar-refractivity contribution in [1.29, 1.82) is 0 Å². The molecule has 0 saturated carbocycles. The number of hydrogen-bond acceptors (Lipinski definition) is 11. The van der Waals surface area contributed by atoms with E-state index in [1.807, 2.05) is 0 Å². The molecule has 0 aliphatic rings. The van der Waals surface area contributed by atoms with E-state index in [-0.39, 0.29) is 45.2 Å². The first-order valence-electron chi connectivity index (χ1n) is 19.3. The van der Waals surface area contributed by atoms with Crippen LogP contribution in [0.5, 0.6) is 28.7 Å². The van der Waals surface area contributed by atoms with Crippen molar-refractivity contribution in [2.24, 2.45) is 0 Å². The van der Waals surface area contributed by atoms with Gasteiger partial charge < -0.3 is 23.7 Å². The molecule has 0 N–H and O–H groups in total. The average Bonchev–Trinajstić information content (AvgIpc) is 3.24. The second kappa shape index (κ2) is 22.1. The second-order valence-corrected chi connectivity index (χ2v) is 13.4. The van der Waals surface area contributed by atoms with E-state index in [0.29, 0.717) is 18.1 Å². The van der Waals surface area contributed by atoms with Gasteiger partial charge in [0.25, 0.3) is 5.69 Å². The Kier molecular flexibility index (Phi) is 16.1. The smallest absolute Gasteiger partial charge is 0.343 e. The SMILES string of the molecule is CCCCCCCCCCCCOc1ccc(OC(=O)c2ccc(OC(=O)c3ccc(OC(=O)c4ccc(OC(=O)c5ccc([N+](=O)[O-])cc5)cc4)cc3)cc2)cc1. The first-order valence-corrected chi connectivity index (χ1v) is 19.3. The summed E-state index contributed by atoms with van der Waals surface area (Å²) in [6.45, 7) is 2.88. The van der Waals surface area contributed by atoms with E-state index in [1.54, 1.807) is 24.3 Å². The van der Waals surface area contributed by atoms with Gasteiger partial charge in [0.15, 0.2) is 0 Å². The Labute approximate surface area is 336 Å². The molecule has 0 saturated heterocycles. The highest BCUT2D eigenvalue weighted by Crippen LogP contribution is 2.23. The van der Waals surface area contributed by atoms with Crippen molar-refractivity contribution in [3.8, 4) is 28.7 Å². The molecule has 0 spiro atoms. The Morgan fingerprint density at radius 3 is 1.02 bits per heavy atom. The molecule has 0 aromatic heterocycles. The third-order valence-corrected chi connectivity index (χ3v) is 9.02. The first kappa shape index (κ1) is 42.3. The van der Waals surface area contributed by atoms with Gasteiger partial charge >= 0.3 is 23.9 Å². The monoisotopic (exact) mass is 787 g/mol. The van der Waals surface area contributed by atoms with Gasteiger partial charge in [-0.05, 0) is 116 Å². The number of ether oxygens (including phenoxy) is 5. The minimum absolute atomic E-state index is 0.120. The number of carbonyl (C=O) groups excluding carboxylic acids is 4. The van der Waals surface area contributed by atoms with Crippen LogP contribution in [0.4, 0.5) is 5.69 Å². The molecule has 300 valence electrons. The third-order valence-electron chi connectivity index (χ3n) is 9.02. The summed E-state index contributed by atoms with van der Waals surface area (Å²) in [4.78, 5) is 60.8. The summed E-state index contributed by atoms with van der Waals surface area (Å²) < 4.78 is 27.4. The van der Waals surface area contributed by atoms with E-state index in [2.05, 4.69) is 6.92 Å². The number of carbonyl (C=O) groups is 4. The minimum Gasteiger partial charge on any atom is -0.494 e. The van der Waals surface area contributed by atoms with Gasteiger partial charge in [0.1, 0.15) is 28.7 Å². The number of non-ortho nitro benzene ring substituents is 1. The molecule has 0 bridgehead atoms. The topological polar surface area (TPSA) is 158 Å². The number of esters is 4. The maximum absolute atomic E-state index is 12.8.